The molecule has 5 heteroatoms. The maximum absolute atomic E-state index is 12.3. The number of rotatable bonds is 3. The quantitative estimate of drug-likeness (QED) is 0.623. The fraction of sp³-hybridized carbons (Fsp3) is 0.250. The molecular weight excluding hydrogens is 334 g/mol. The Kier molecular flexibility index (Phi) is 5.89. The van der Waals surface area contributed by atoms with Crippen molar-refractivity contribution >= 4 is 27.5 Å². The second kappa shape index (κ2) is 8.52. The van der Waals surface area contributed by atoms with Gasteiger partial charge in [-0.05, 0) is 13.0 Å². The van der Waals surface area contributed by atoms with Gasteiger partial charge in [-0.15, -0.1) is 11.3 Å². The summed E-state index contributed by atoms with van der Waals surface area (Å²) in [6.45, 7) is 4.70. The van der Waals surface area contributed by atoms with Gasteiger partial charge in [-0.1, -0.05) is 42.2 Å². The van der Waals surface area contributed by atoms with Gasteiger partial charge < -0.3 is 14.1 Å². The maximum atomic E-state index is 12.3. The van der Waals surface area contributed by atoms with Gasteiger partial charge in [-0.3, -0.25) is 4.79 Å². The lowest BCUT2D eigenvalue weighted by molar-refractivity contribution is 0.121. The number of hydrogen-bond donors (Lipinski definition) is 0. The number of morpholine rings is 1. The molecule has 2 aromatic heterocycles. The van der Waals surface area contributed by atoms with E-state index in [1.807, 2.05) is 47.6 Å². The summed E-state index contributed by atoms with van der Waals surface area (Å²) in [5.41, 5.74) is 1.30. The highest BCUT2D eigenvalue weighted by Crippen LogP contribution is 2.27. The lowest BCUT2D eigenvalue weighted by atomic mass is 10.2. The van der Waals surface area contributed by atoms with Crippen molar-refractivity contribution in [2.75, 3.05) is 31.2 Å². The Morgan fingerprint density at radius 3 is 2.80 bits per heavy atom. The lowest BCUT2D eigenvalue weighted by Gasteiger charge is -2.26. The van der Waals surface area contributed by atoms with E-state index in [4.69, 9.17) is 9.15 Å². The Labute approximate surface area is 150 Å². The van der Waals surface area contributed by atoms with E-state index in [1.165, 1.54) is 11.3 Å². The number of anilines is 1. The first-order chi connectivity index (χ1) is 12.3. The second-order valence-electron chi connectivity index (χ2n) is 5.40. The highest BCUT2D eigenvalue weighted by molar-refractivity contribution is 7.17. The molecule has 25 heavy (non-hydrogen) atoms. The molecule has 0 bridgehead atoms. The van der Waals surface area contributed by atoms with Crippen LogP contribution in [0.1, 0.15) is 12.5 Å². The highest BCUT2D eigenvalue weighted by Gasteiger charge is 2.17. The molecule has 3 heterocycles. The molecule has 1 aliphatic heterocycles. The lowest BCUT2D eigenvalue weighted by Crippen LogP contribution is -2.36. The minimum absolute atomic E-state index is 0.0226. The van der Waals surface area contributed by atoms with Crippen molar-refractivity contribution in [3.05, 3.63) is 63.7 Å². The monoisotopic (exact) mass is 353 g/mol. The maximum Gasteiger partial charge on any atom is 0.204 e. The van der Waals surface area contributed by atoms with Gasteiger partial charge in [-0.2, -0.15) is 0 Å². The zero-order valence-corrected chi connectivity index (χ0v) is 14.8. The fourth-order valence-corrected chi connectivity index (χ4v) is 3.25. The van der Waals surface area contributed by atoms with Gasteiger partial charge >= 0.3 is 0 Å². The Morgan fingerprint density at radius 2 is 2.00 bits per heavy atom. The van der Waals surface area contributed by atoms with E-state index in [1.54, 1.807) is 12.1 Å². The third-order valence-electron chi connectivity index (χ3n) is 3.67. The summed E-state index contributed by atoms with van der Waals surface area (Å²) in [6.07, 6.45) is 11.4. The van der Waals surface area contributed by atoms with Gasteiger partial charge in [0.2, 0.25) is 5.43 Å². The Hall–Kier alpha value is -2.55. The second-order valence-corrected chi connectivity index (χ2v) is 6.27. The number of thiophene rings is 1. The molecule has 0 atom stereocenters. The fourth-order valence-electron chi connectivity index (χ4n) is 2.42. The minimum Gasteiger partial charge on any atom is -0.438 e. The first-order valence-electron chi connectivity index (χ1n) is 8.13. The molecule has 3 rings (SSSR count). The summed E-state index contributed by atoms with van der Waals surface area (Å²) in [6, 6.07) is 1.56. The van der Waals surface area contributed by atoms with Crippen LogP contribution in [0, 0.1) is 11.8 Å². The third kappa shape index (κ3) is 4.30. The van der Waals surface area contributed by atoms with E-state index in [0.717, 1.165) is 18.7 Å². The largest absolute Gasteiger partial charge is 0.438 e. The van der Waals surface area contributed by atoms with Crippen molar-refractivity contribution in [2.24, 2.45) is 0 Å². The standard InChI is InChI=1S/C20H19NO3S/c1-2-3-4-5-6-7-8-9-16-15-25-20-17(22)14-18(24-19(16)20)21-10-12-23-13-11-21/h2-7,14-15H,10-13H2,1H3/b3-2-,5-4-,7-6+. The van der Waals surface area contributed by atoms with Crippen LogP contribution in [0.5, 0.6) is 0 Å². The molecule has 0 spiro atoms. The number of ether oxygens (including phenoxy) is 1. The van der Waals surface area contributed by atoms with E-state index >= 15 is 0 Å². The van der Waals surface area contributed by atoms with Crippen LogP contribution in [0.25, 0.3) is 10.3 Å². The molecule has 0 unspecified atom stereocenters. The first-order valence-corrected chi connectivity index (χ1v) is 9.01. The molecule has 0 saturated carbocycles. The molecular formula is C20H19NO3S. The minimum atomic E-state index is -0.0226. The van der Waals surface area contributed by atoms with Gasteiger partial charge in [-0.25, -0.2) is 0 Å². The van der Waals surface area contributed by atoms with Crippen molar-refractivity contribution in [2.45, 2.75) is 6.92 Å². The molecule has 2 aromatic rings. The summed E-state index contributed by atoms with van der Waals surface area (Å²) in [7, 11) is 0. The molecule has 0 N–H and O–H groups in total. The predicted molar refractivity (Wildman–Crippen MR) is 103 cm³/mol. The zero-order chi connectivity index (χ0) is 17.5. The van der Waals surface area contributed by atoms with Crippen LogP contribution in [0.15, 0.2) is 57.1 Å². The van der Waals surface area contributed by atoms with E-state index in [9.17, 15) is 4.79 Å². The van der Waals surface area contributed by atoms with E-state index in [-0.39, 0.29) is 5.43 Å². The van der Waals surface area contributed by atoms with Gasteiger partial charge in [0.25, 0.3) is 0 Å². The smallest absolute Gasteiger partial charge is 0.204 e. The average Bonchev–Trinajstić information content (AvgIpc) is 3.05. The highest BCUT2D eigenvalue weighted by atomic mass is 32.1. The van der Waals surface area contributed by atoms with E-state index in [2.05, 4.69) is 11.8 Å². The van der Waals surface area contributed by atoms with Crippen LogP contribution in [0.2, 0.25) is 0 Å². The summed E-state index contributed by atoms with van der Waals surface area (Å²) in [4.78, 5) is 14.4. The molecule has 1 aliphatic rings. The summed E-state index contributed by atoms with van der Waals surface area (Å²) in [5, 5.41) is 1.87. The van der Waals surface area contributed by atoms with Crippen molar-refractivity contribution < 1.29 is 9.15 Å². The molecule has 0 amide bonds. The van der Waals surface area contributed by atoms with E-state index < -0.39 is 0 Å². The van der Waals surface area contributed by atoms with Crippen molar-refractivity contribution in [1.29, 1.82) is 0 Å². The topological polar surface area (TPSA) is 42.7 Å². The molecule has 0 radical (unpaired) electrons. The van der Waals surface area contributed by atoms with E-state index in [0.29, 0.717) is 29.4 Å². The normalized spacial score (nSPS) is 15.5. The van der Waals surface area contributed by atoms with Gasteiger partial charge in [0.15, 0.2) is 11.5 Å². The van der Waals surface area contributed by atoms with Gasteiger partial charge in [0.05, 0.1) is 18.8 Å². The SMILES string of the molecule is C\C=C/C=C\C=C\C#Cc1csc2c(=O)cc(N3CCOCC3)oc12. The number of nitrogens with zero attached hydrogens (tertiary/aromatic N) is 1. The number of hydrogen-bond acceptors (Lipinski definition) is 5. The van der Waals surface area contributed by atoms with Crippen LogP contribution in [-0.2, 0) is 4.74 Å². The van der Waals surface area contributed by atoms with Gasteiger partial charge in [0.1, 0.15) is 4.70 Å². The Morgan fingerprint density at radius 1 is 1.20 bits per heavy atom. The first kappa shape index (κ1) is 17.3. The van der Waals surface area contributed by atoms with Crippen LogP contribution in [-0.4, -0.2) is 26.3 Å². The van der Waals surface area contributed by atoms with Crippen molar-refractivity contribution in [1.82, 2.24) is 0 Å². The summed E-state index contributed by atoms with van der Waals surface area (Å²) in [5.74, 6) is 6.63. The van der Waals surface area contributed by atoms with Crippen LogP contribution in [0.4, 0.5) is 5.88 Å². The number of fused-ring (bicyclic) bond motifs is 1. The zero-order valence-electron chi connectivity index (χ0n) is 14.0. The molecule has 1 saturated heterocycles. The molecule has 0 aromatic carbocycles. The average molecular weight is 353 g/mol. The molecule has 0 aliphatic carbocycles. The summed E-state index contributed by atoms with van der Waals surface area (Å²) >= 11 is 1.37. The van der Waals surface area contributed by atoms with Crippen LogP contribution >= 0.6 is 11.3 Å². The molecule has 4 nitrogen and oxygen atoms in total. The predicted octanol–water partition coefficient (Wildman–Crippen LogP) is 3.73. The number of allylic oxidation sites excluding steroid dienone is 6. The Balaban J connectivity index is 1.87. The third-order valence-corrected chi connectivity index (χ3v) is 4.64. The van der Waals surface area contributed by atoms with Crippen molar-refractivity contribution in [3.8, 4) is 11.8 Å². The van der Waals surface area contributed by atoms with Gasteiger partial charge in [0, 0.05) is 24.5 Å². The van der Waals surface area contributed by atoms with Crippen LogP contribution < -0.4 is 10.3 Å². The Bertz CT molecular complexity index is 931. The molecule has 1 fully saturated rings. The summed E-state index contributed by atoms with van der Waals surface area (Å²) < 4.78 is 12.0. The van der Waals surface area contributed by atoms with Crippen molar-refractivity contribution in [3.63, 3.8) is 0 Å². The molecule has 128 valence electrons. The van der Waals surface area contributed by atoms with Crippen LogP contribution in [0.3, 0.4) is 0 Å².